The summed E-state index contributed by atoms with van der Waals surface area (Å²) in [6, 6.07) is 8.05. The molecule has 96 valence electrons. The third-order valence-electron chi connectivity index (χ3n) is 2.97. The van der Waals surface area contributed by atoms with Crippen molar-refractivity contribution in [2.75, 3.05) is 31.7 Å². The highest BCUT2D eigenvalue weighted by Crippen LogP contribution is 2.27. The highest BCUT2D eigenvalue weighted by atomic mass is 16.5. The van der Waals surface area contributed by atoms with E-state index in [1.807, 2.05) is 25.1 Å². The van der Waals surface area contributed by atoms with Crippen molar-refractivity contribution < 1.29 is 9.84 Å². The predicted octanol–water partition coefficient (Wildman–Crippen LogP) is 2.60. The molecule has 0 heterocycles. The van der Waals surface area contributed by atoms with Crippen LogP contribution < -0.4 is 4.90 Å². The summed E-state index contributed by atoms with van der Waals surface area (Å²) < 4.78 is 5.12. The van der Waals surface area contributed by atoms with E-state index >= 15 is 0 Å². The van der Waals surface area contributed by atoms with E-state index in [4.69, 9.17) is 4.74 Å². The maximum absolute atomic E-state index is 10.0. The van der Waals surface area contributed by atoms with Crippen LogP contribution in [0.3, 0.4) is 0 Å². The number of hydrogen-bond donors (Lipinski definition) is 1. The lowest BCUT2D eigenvalue weighted by Gasteiger charge is -2.26. The van der Waals surface area contributed by atoms with Gasteiger partial charge in [-0.15, -0.1) is 0 Å². The molecule has 1 aromatic carbocycles. The number of anilines is 1. The van der Waals surface area contributed by atoms with Gasteiger partial charge in [-0.2, -0.15) is 0 Å². The van der Waals surface area contributed by atoms with Crippen molar-refractivity contribution >= 4 is 5.69 Å². The van der Waals surface area contributed by atoms with Crippen molar-refractivity contribution in [1.29, 1.82) is 0 Å². The minimum absolute atomic E-state index is 0.386. The number of para-hydroxylation sites is 1. The number of likely N-dealkylation sites (N-methyl/N-ethyl adjacent to an activating group) is 1. The summed E-state index contributed by atoms with van der Waals surface area (Å²) in [6.07, 6.45) is 0.349. The molecule has 17 heavy (non-hydrogen) atoms. The Balaban J connectivity index is 2.93. The molecule has 1 atom stereocenters. The van der Waals surface area contributed by atoms with Gasteiger partial charge in [0.25, 0.3) is 0 Å². The summed E-state index contributed by atoms with van der Waals surface area (Å²) in [7, 11) is 1.71. The van der Waals surface area contributed by atoms with E-state index in [9.17, 15) is 5.11 Å². The lowest BCUT2D eigenvalue weighted by Crippen LogP contribution is -2.28. The lowest BCUT2D eigenvalue weighted by atomic mass is 10.0. The Morgan fingerprint density at radius 2 is 2.00 bits per heavy atom. The van der Waals surface area contributed by atoms with Crippen molar-refractivity contribution in [1.82, 2.24) is 0 Å². The van der Waals surface area contributed by atoms with Gasteiger partial charge in [0.05, 0.1) is 12.7 Å². The Hall–Kier alpha value is -1.06. The van der Waals surface area contributed by atoms with Crippen LogP contribution in [0.5, 0.6) is 0 Å². The quantitative estimate of drug-likeness (QED) is 0.791. The van der Waals surface area contributed by atoms with Crippen molar-refractivity contribution in [2.24, 2.45) is 0 Å². The fourth-order valence-electron chi connectivity index (χ4n) is 1.93. The van der Waals surface area contributed by atoms with Crippen LogP contribution in [-0.4, -0.2) is 31.9 Å². The molecular formula is C14H23NO2. The van der Waals surface area contributed by atoms with E-state index < -0.39 is 0 Å². The van der Waals surface area contributed by atoms with E-state index in [1.165, 1.54) is 0 Å². The van der Waals surface area contributed by atoms with E-state index in [1.54, 1.807) is 7.11 Å². The molecule has 3 heteroatoms. The van der Waals surface area contributed by atoms with Gasteiger partial charge in [-0.1, -0.05) is 25.1 Å². The molecule has 1 rings (SSSR count). The topological polar surface area (TPSA) is 32.7 Å². The average Bonchev–Trinajstić information content (AvgIpc) is 2.39. The zero-order valence-electron chi connectivity index (χ0n) is 11.0. The van der Waals surface area contributed by atoms with Crippen LogP contribution in [-0.2, 0) is 4.74 Å². The van der Waals surface area contributed by atoms with Crippen LogP contribution in [0.15, 0.2) is 24.3 Å². The number of benzene rings is 1. The number of nitrogens with zero attached hydrogens (tertiary/aromatic N) is 1. The highest BCUT2D eigenvalue weighted by molar-refractivity contribution is 5.54. The van der Waals surface area contributed by atoms with Gasteiger partial charge in [0.15, 0.2) is 0 Å². The standard InChI is InChI=1S/C14H23NO2/c1-4-14(16)12-8-6-7-9-13(12)15(5-2)10-11-17-3/h6-9,14,16H,4-5,10-11H2,1-3H3. The molecule has 1 unspecified atom stereocenters. The van der Waals surface area contributed by atoms with Crippen molar-refractivity contribution in [3.05, 3.63) is 29.8 Å². The minimum Gasteiger partial charge on any atom is -0.388 e. The number of aliphatic hydroxyl groups excluding tert-OH is 1. The minimum atomic E-state index is -0.386. The summed E-state index contributed by atoms with van der Waals surface area (Å²) in [4.78, 5) is 2.23. The second-order valence-corrected chi connectivity index (χ2v) is 4.06. The fourth-order valence-corrected chi connectivity index (χ4v) is 1.93. The largest absolute Gasteiger partial charge is 0.388 e. The molecule has 1 aromatic rings. The maximum atomic E-state index is 10.0. The molecule has 0 amide bonds. The van der Waals surface area contributed by atoms with Gasteiger partial charge >= 0.3 is 0 Å². The molecule has 0 spiro atoms. The molecule has 3 nitrogen and oxygen atoms in total. The Morgan fingerprint density at radius 1 is 1.29 bits per heavy atom. The number of hydrogen-bond acceptors (Lipinski definition) is 3. The molecule has 0 saturated heterocycles. The van der Waals surface area contributed by atoms with Crippen LogP contribution in [0.2, 0.25) is 0 Å². The first-order chi connectivity index (χ1) is 8.24. The van der Waals surface area contributed by atoms with Crippen molar-refractivity contribution in [2.45, 2.75) is 26.4 Å². The van der Waals surface area contributed by atoms with Crippen molar-refractivity contribution in [3.8, 4) is 0 Å². The number of rotatable bonds is 7. The lowest BCUT2D eigenvalue weighted by molar-refractivity contribution is 0.173. The summed E-state index contributed by atoms with van der Waals surface area (Å²) >= 11 is 0. The van der Waals surface area contributed by atoms with E-state index in [0.29, 0.717) is 6.61 Å². The molecule has 1 N–H and O–H groups in total. The van der Waals surface area contributed by atoms with Crippen molar-refractivity contribution in [3.63, 3.8) is 0 Å². The Labute approximate surface area is 104 Å². The monoisotopic (exact) mass is 237 g/mol. The molecule has 0 aliphatic carbocycles. The van der Waals surface area contributed by atoms with Gasteiger partial charge in [-0.05, 0) is 19.4 Å². The van der Waals surface area contributed by atoms with Crippen LogP contribution in [0.25, 0.3) is 0 Å². The Morgan fingerprint density at radius 3 is 2.59 bits per heavy atom. The Kier molecular flexibility index (Phi) is 6.01. The normalized spacial score (nSPS) is 12.5. The van der Waals surface area contributed by atoms with Gasteiger partial charge in [0.1, 0.15) is 0 Å². The SMILES string of the molecule is CCC(O)c1ccccc1N(CC)CCOC. The number of aliphatic hydroxyl groups is 1. The van der Waals surface area contributed by atoms with Gasteiger partial charge in [-0.3, -0.25) is 0 Å². The molecule has 0 radical (unpaired) electrons. The molecular weight excluding hydrogens is 214 g/mol. The molecule has 0 fully saturated rings. The first kappa shape index (κ1) is 14.0. The fraction of sp³-hybridized carbons (Fsp3) is 0.571. The van der Waals surface area contributed by atoms with E-state index in [-0.39, 0.29) is 6.10 Å². The van der Waals surface area contributed by atoms with Crippen LogP contribution in [0.1, 0.15) is 31.9 Å². The zero-order valence-corrected chi connectivity index (χ0v) is 11.0. The molecule has 0 bridgehead atoms. The average molecular weight is 237 g/mol. The maximum Gasteiger partial charge on any atom is 0.0807 e. The molecule has 0 aliphatic heterocycles. The second kappa shape index (κ2) is 7.30. The Bertz CT molecular complexity index is 328. The van der Waals surface area contributed by atoms with Crippen LogP contribution >= 0.6 is 0 Å². The highest BCUT2D eigenvalue weighted by Gasteiger charge is 2.14. The van der Waals surface area contributed by atoms with Gasteiger partial charge in [-0.25, -0.2) is 0 Å². The summed E-state index contributed by atoms with van der Waals surface area (Å²) in [5.74, 6) is 0. The molecule has 0 saturated carbocycles. The first-order valence-corrected chi connectivity index (χ1v) is 6.25. The second-order valence-electron chi connectivity index (χ2n) is 4.06. The third-order valence-corrected chi connectivity index (χ3v) is 2.97. The first-order valence-electron chi connectivity index (χ1n) is 6.25. The smallest absolute Gasteiger partial charge is 0.0807 e. The molecule has 0 aromatic heterocycles. The predicted molar refractivity (Wildman–Crippen MR) is 71.5 cm³/mol. The summed E-state index contributed by atoms with van der Waals surface area (Å²) in [6.45, 7) is 6.57. The van der Waals surface area contributed by atoms with E-state index in [0.717, 1.165) is 30.8 Å². The van der Waals surface area contributed by atoms with Gasteiger partial charge in [0, 0.05) is 31.5 Å². The zero-order chi connectivity index (χ0) is 12.7. The summed E-state index contributed by atoms with van der Waals surface area (Å²) in [5, 5.41) is 10.0. The summed E-state index contributed by atoms with van der Waals surface area (Å²) in [5.41, 5.74) is 2.12. The van der Waals surface area contributed by atoms with E-state index in [2.05, 4.69) is 17.9 Å². The number of methoxy groups -OCH3 is 1. The number of ether oxygens (including phenoxy) is 1. The van der Waals surface area contributed by atoms with Crippen LogP contribution in [0.4, 0.5) is 5.69 Å². The van der Waals surface area contributed by atoms with Gasteiger partial charge < -0.3 is 14.7 Å². The van der Waals surface area contributed by atoms with Crippen LogP contribution in [0, 0.1) is 0 Å². The van der Waals surface area contributed by atoms with Gasteiger partial charge in [0.2, 0.25) is 0 Å². The third kappa shape index (κ3) is 3.72. The molecule has 0 aliphatic rings.